The predicted octanol–water partition coefficient (Wildman–Crippen LogP) is 2.47. The Labute approximate surface area is 108 Å². The molecule has 0 aliphatic rings. The molecule has 1 aromatic carbocycles. The molecular formula is C16H17NO. The number of hydrogen-bond donors (Lipinski definition) is 0. The van der Waals surface area contributed by atoms with Crippen molar-refractivity contribution in [1.29, 1.82) is 5.26 Å². The van der Waals surface area contributed by atoms with Crippen molar-refractivity contribution in [3.63, 3.8) is 0 Å². The van der Waals surface area contributed by atoms with Crippen molar-refractivity contribution in [2.45, 2.75) is 13.8 Å². The molecular weight excluding hydrogens is 222 g/mol. The van der Waals surface area contributed by atoms with Crippen LogP contribution in [0.3, 0.4) is 0 Å². The second kappa shape index (κ2) is 6.46. The van der Waals surface area contributed by atoms with E-state index in [9.17, 15) is 0 Å². The van der Waals surface area contributed by atoms with Gasteiger partial charge in [0.2, 0.25) is 0 Å². The summed E-state index contributed by atoms with van der Waals surface area (Å²) in [6.07, 6.45) is 5.36. The Kier molecular flexibility index (Phi) is 4.95. The van der Waals surface area contributed by atoms with Crippen LogP contribution in [-0.4, -0.2) is 0 Å². The first-order chi connectivity index (χ1) is 8.61. The largest absolute Gasteiger partial charge is 0.391 e. The van der Waals surface area contributed by atoms with Crippen LogP contribution < -0.4 is 10.4 Å². The first-order valence-corrected chi connectivity index (χ1v) is 5.75. The number of benzene rings is 1. The normalized spacial score (nSPS) is 14.4. The highest BCUT2D eigenvalue weighted by Gasteiger charge is 2.12. The molecule has 1 atom stereocenters. The highest BCUT2D eigenvalue weighted by molar-refractivity contribution is 5.48. The Balaban J connectivity index is 3.65. The molecule has 0 spiro atoms. The molecule has 18 heavy (non-hydrogen) atoms. The summed E-state index contributed by atoms with van der Waals surface area (Å²) in [4.78, 5) is 0. The third-order valence-electron chi connectivity index (χ3n) is 2.81. The monoisotopic (exact) mass is 239 g/mol. The van der Waals surface area contributed by atoms with Crippen molar-refractivity contribution in [2.24, 2.45) is 5.92 Å². The van der Waals surface area contributed by atoms with E-state index >= 15 is 0 Å². The summed E-state index contributed by atoms with van der Waals surface area (Å²) in [5, 5.41) is 10.7. The molecule has 0 bridgehead atoms. The van der Waals surface area contributed by atoms with Crippen molar-refractivity contribution in [2.75, 3.05) is 0 Å². The third kappa shape index (κ3) is 3.11. The summed E-state index contributed by atoms with van der Waals surface area (Å²) in [5.41, 5.74) is 0.952. The van der Waals surface area contributed by atoms with Gasteiger partial charge in [-0.15, -0.1) is 5.26 Å². The van der Waals surface area contributed by atoms with Crippen molar-refractivity contribution < 1.29 is 4.74 Å². The molecule has 1 unspecified atom stereocenters. The Morgan fingerprint density at radius 2 is 2.11 bits per heavy atom. The van der Waals surface area contributed by atoms with Crippen LogP contribution in [0.4, 0.5) is 0 Å². The standard InChI is InChI=1S/C16H17NO/c1-5-8-14-9-6-7-10-15(14)16(18-11-17)13(4)12(2)3/h5-10,13H,1-2H2,3-4H3/b14-8-,16-15+. The maximum atomic E-state index is 8.80. The highest BCUT2D eigenvalue weighted by Crippen LogP contribution is 2.18. The van der Waals surface area contributed by atoms with Crippen LogP contribution in [-0.2, 0) is 4.74 Å². The molecule has 0 heterocycles. The number of hydrogen-bond acceptors (Lipinski definition) is 2. The molecule has 92 valence electrons. The van der Waals surface area contributed by atoms with Gasteiger partial charge in [0.1, 0.15) is 5.76 Å². The summed E-state index contributed by atoms with van der Waals surface area (Å²) >= 11 is 0. The van der Waals surface area contributed by atoms with Gasteiger partial charge in [-0.05, 0) is 12.1 Å². The molecule has 0 saturated carbocycles. The maximum absolute atomic E-state index is 8.80. The molecule has 2 heteroatoms. The zero-order chi connectivity index (χ0) is 13.5. The van der Waals surface area contributed by atoms with Gasteiger partial charge in [0.15, 0.2) is 0 Å². The van der Waals surface area contributed by atoms with Crippen LogP contribution in [0.15, 0.2) is 49.1 Å². The van der Waals surface area contributed by atoms with Gasteiger partial charge >= 0.3 is 0 Å². The van der Waals surface area contributed by atoms with Crippen LogP contribution in [0.2, 0.25) is 0 Å². The van der Waals surface area contributed by atoms with E-state index in [2.05, 4.69) is 13.2 Å². The lowest BCUT2D eigenvalue weighted by atomic mass is 9.99. The Morgan fingerprint density at radius 1 is 1.44 bits per heavy atom. The van der Waals surface area contributed by atoms with Crippen LogP contribution in [0.1, 0.15) is 13.8 Å². The van der Waals surface area contributed by atoms with Gasteiger partial charge in [-0.25, -0.2) is 0 Å². The van der Waals surface area contributed by atoms with Gasteiger partial charge in [0, 0.05) is 11.1 Å². The Morgan fingerprint density at radius 3 is 2.67 bits per heavy atom. The summed E-state index contributed by atoms with van der Waals surface area (Å²) < 4.78 is 5.15. The second-order valence-corrected chi connectivity index (χ2v) is 4.12. The summed E-state index contributed by atoms with van der Waals surface area (Å²) in [5.74, 6) is 0.614. The molecule has 0 radical (unpaired) electrons. The van der Waals surface area contributed by atoms with Crippen LogP contribution in [0.25, 0.3) is 11.8 Å². The van der Waals surface area contributed by atoms with E-state index in [1.54, 1.807) is 12.3 Å². The summed E-state index contributed by atoms with van der Waals surface area (Å²) in [6.45, 7) is 11.5. The highest BCUT2D eigenvalue weighted by atomic mass is 16.5. The van der Waals surface area contributed by atoms with E-state index < -0.39 is 0 Å². The van der Waals surface area contributed by atoms with Gasteiger partial charge < -0.3 is 4.74 Å². The van der Waals surface area contributed by atoms with E-state index in [1.807, 2.05) is 44.2 Å². The fourth-order valence-electron chi connectivity index (χ4n) is 1.64. The Hall–Kier alpha value is -2.27. The van der Waals surface area contributed by atoms with Crippen molar-refractivity contribution >= 4 is 11.8 Å². The van der Waals surface area contributed by atoms with E-state index in [0.29, 0.717) is 5.76 Å². The van der Waals surface area contributed by atoms with Crippen LogP contribution in [0, 0.1) is 17.4 Å². The quantitative estimate of drug-likeness (QED) is 0.597. The number of ether oxygens (including phenoxy) is 1. The molecule has 0 aromatic heterocycles. The molecule has 0 saturated heterocycles. The van der Waals surface area contributed by atoms with Gasteiger partial charge in [-0.2, -0.15) is 0 Å². The predicted molar refractivity (Wildman–Crippen MR) is 74.4 cm³/mol. The molecule has 0 amide bonds. The van der Waals surface area contributed by atoms with Crippen LogP contribution in [0.5, 0.6) is 0 Å². The van der Waals surface area contributed by atoms with Gasteiger partial charge in [-0.3, -0.25) is 0 Å². The lowest BCUT2D eigenvalue weighted by Gasteiger charge is -2.12. The number of rotatable bonds is 4. The number of nitriles is 1. The molecule has 2 nitrogen and oxygen atoms in total. The molecule has 0 aliphatic carbocycles. The van der Waals surface area contributed by atoms with Crippen molar-refractivity contribution in [3.8, 4) is 6.26 Å². The van der Waals surface area contributed by atoms with E-state index in [-0.39, 0.29) is 5.92 Å². The molecule has 1 rings (SSSR count). The SMILES string of the molecule is C=C/C=c1/cccc/c1=C(\OC#N)C(C)C(=C)C. The van der Waals surface area contributed by atoms with Crippen molar-refractivity contribution in [1.82, 2.24) is 0 Å². The first kappa shape index (κ1) is 13.8. The Bertz CT molecular complexity index is 605. The minimum Gasteiger partial charge on any atom is -0.391 e. The molecule has 0 N–H and O–H groups in total. The molecule has 1 aromatic rings. The van der Waals surface area contributed by atoms with E-state index in [0.717, 1.165) is 16.0 Å². The van der Waals surface area contributed by atoms with Crippen molar-refractivity contribution in [3.05, 3.63) is 59.5 Å². The lowest BCUT2D eigenvalue weighted by Crippen LogP contribution is -2.29. The maximum Gasteiger partial charge on any atom is 0.291 e. The minimum atomic E-state index is -0.0102. The second-order valence-electron chi connectivity index (χ2n) is 4.12. The lowest BCUT2D eigenvalue weighted by molar-refractivity contribution is 0.415. The topological polar surface area (TPSA) is 33.0 Å². The van der Waals surface area contributed by atoms with Gasteiger partial charge in [0.05, 0.1) is 0 Å². The minimum absolute atomic E-state index is 0.0102. The summed E-state index contributed by atoms with van der Waals surface area (Å²) in [7, 11) is 0. The zero-order valence-corrected chi connectivity index (χ0v) is 10.8. The van der Waals surface area contributed by atoms with E-state index in [4.69, 9.17) is 10.00 Å². The first-order valence-electron chi connectivity index (χ1n) is 5.75. The summed E-state index contributed by atoms with van der Waals surface area (Å²) in [6, 6.07) is 7.75. The van der Waals surface area contributed by atoms with Gasteiger partial charge in [0.25, 0.3) is 6.26 Å². The average Bonchev–Trinajstić information content (AvgIpc) is 2.36. The third-order valence-corrected chi connectivity index (χ3v) is 2.81. The number of nitrogens with zero attached hydrogens (tertiary/aromatic N) is 1. The van der Waals surface area contributed by atoms with Crippen LogP contribution >= 0.6 is 0 Å². The molecule has 0 aliphatic heterocycles. The smallest absolute Gasteiger partial charge is 0.291 e. The fourth-order valence-corrected chi connectivity index (χ4v) is 1.64. The van der Waals surface area contributed by atoms with E-state index in [1.165, 1.54) is 0 Å². The zero-order valence-electron chi connectivity index (χ0n) is 10.8. The average molecular weight is 239 g/mol. The van der Waals surface area contributed by atoms with Gasteiger partial charge in [-0.1, -0.05) is 62.1 Å². The number of allylic oxidation sites excluding steroid dienone is 1. The molecule has 0 fully saturated rings. The fraction of sp³-hybridized carbons (Fsp3) is 0.188.